The van der Waals surface area contributed by atoms with Crippen LogP contribution in [0.2, 0.25) is 19.6 Å². The second kappa shape index (κ2) is 7.61. The van der Waals surface area contributed by atoms with Crippen LogP contribution < -0.4 is 0 Å². The van der Waals surface area contributed by atoms with Crippen molar-refractivity contribution >= 4 is 8.32 Å². The summed E-state index contributed by atoms with van der Waals surface area (Å²) in [5.41, 5.74) is 0.237. The maximum absolute atomic E-state index is 9.80. The Kier molecular flexibility index (Phi) is 6.45. The average molecular weight is 289 g/mol. The van der Waals surface area contributed by atoms with Crippen LogP contribution in [0, 0.1) is 11.3 Å². The topological polar surface area (TPSA) is 33.0 Å². The van der Waals surface area contributed by atoms with E-state index in [-0.39, 0.29) is 0 Å². The van der Waals surface area contributed by atoms with Crippen LogP contribution in [0.3, 0.4) is 0 Å². The fourth-order valence-corrected chi connectivity index (χ4v) is 3.74. The monoisotopic (exact) mass is 289 g/mol. The smallest absolute Gasteiger partial charge is 0.186 e. The lowest BCUT2D eigenvalue weighted by Crippen LogP contribution is -2.39. The minimum Gasteiger partial charge on any atom is -0.396 e. The summed E-state index contributed by atoms with van der Waals surface area (Å²) in [5, 5.41) is 9.80. The van der Waals surface area contributed by atoms with Crippen LogP contribution in [-0.4, -0.2) is 8.32 Å². The van der Waals surface area contributed by atoms with E-state index in [2.05, 4.69) is 32.6 Å². The lowest BCUT2D eigenvalue weighted by molar-refractivity contribution is 0.105. The molecule has 0 radical (unpaired) electrons. The molecule has 1 aromatic carbocycles. The molecule has 2 nitrogen and oxygen atoms in total. The van der Waals surface area contributed by atoms with Gasteiger partial charge in [0.25, 0.3) is 0 Å². The molecule has 0 aliphatic heterocycles. The minimum atomic E-state index is -1.79. The molecule has 0 unspecified atom stereocenters. The van der Waals surface area contributed by atoms with Crippen molar-refractivity contribution in [2.75, 3.05) is 0 Å². The molecule has 0 aromatic heterocycles. The van der Waals surface area contributed by atoms with Crippen LogP contribution in [0.1, 0.15) is 44.6 Å². The Balaban J connectivity index is 2.95. The van der Waals surface area contributed by atoms with Crippen LogP contribution in [0.5, 0.6) is 0 Å². The number of rotatable bonds is 8. The summed E-state index contributed by atoms with van der Waals surface area (Å²) in [7, 11) is -1.79. The lowest BCUT2D eigenvalue weighted by Gasteiger charge is -2.34. The van der Waals surface area contributed by atoms with E-state index in [0.717, 1.165) is 18.4 Å². The van der Waals surface area contributed by atoms with Gasteiger partial charge in [-0.3, -0.25) is 0 Å². The molecule has 0 N–H and O–H groups in total. The van der Waals surface area contributed by atoms with E-state index in [1.807, 2.05) is 30.3 Å². The van der Waals surface area contributed by atoms with Gasteiger partial charge in [-0.2, -0.15) is 5.26 Å². The molecule has 1 aromatic rings. The number of unbranched alkanes of at least 4 members (excludes halogenated alkanes) is 3. The first kappa shape index (κ1) is 16.9. The summed E-state index contributed by atoms with van der Waals surface area (Å²) in [5.74, 6) is 0. The van der Waals surface area contributed by atoms with E-state index < -0.39 is 13.9 Å². The molecule has 20 heavy (non-hydrogen) atoms. The molecule has 0 spiro atoms. The van der Waals surface area contributed by atoms with Crippen LogP contribution in [-0.2, 0) is 10.0 Å². The Morgan fingerprint density at radius 3 is 2.25 bits per heavy atom. The van der Waals surface area contributed by atoms with Crippen LogP contribution in [0.25, 0.3) is 0 Å². The Morgan fingerprint density at radius 1 is 1.10 bits per heavy atom. The molecule has 0 aliphatic carbocycles. The van der Waals surface area contributed by atoms with E-state index in [1.54, 1.807) is 0 Å². The van der Waals surface area contributed by atoms with Gasteiger partial charge in [-0.25, -0.2) is 0 Å². The molecule has 0 saturated heterocycles. The summed E-state index contributed by atoms with van der Waals surface area (Å²) in [6.45, 7) is 8.64. The van der Waals surface area contributed by atoms with Crippen molar-refractivity contribution in [3.8, 4) is 6.07 Å². The summed E-state index contributed by atoms with van der Waals surface area (Å²) < 4.78 is 6.32. The van der Waals surface area contributed by atoms with Gasteiger partial charge in [-0.05, 0) is 38.0 Å². The molecule has 0 heterocycles. The van der Waals surface area contributed by atoms with Crippen LogP contribution in [0.4, 0.5) is 0 Å². The van der Waals surface area contributed by atoms with Crippen molar-refractivity contribution in [2.24, 2.45) is 0 Å². The highest BCUT2D eigenvalue weighted by atomic mass is 28.4. The summed E-state index contributed by atoms with van der Waals surface area (Å²) >= 11 is 0. The van der Waals surface area contributed by atoms with Gasteiger partial charge in [0.1, 0.15) is 6.07 Å². The van der Waals surface area contributed by atoms with Crippen molar-refractivity contribution in [3.05, 3.63) is 35.9 Å². The van der Waals surface area contributed by atoms with E-state index in [0.29, 0.717) is 0 Å². The number of hydrogen-bond donors (Lipinski definition) is 0. The number of benzene rings is 1. The molecular formula is C17H27NOSi. The lowest BCUT2D eigenvalue weighted by atomic mass is 9.89. The quantitative estimate of drug-likeness (QED) is 0.485. The number of nitriles is 1. The molecule has 3 heteroatoms. The standard InChI is InChI=1S/C17H27NOSi/c1-5-6-7-11-14-17(15-18,19-20(2,3)4)16-12-9-8-10-13-16/h8-10,12-13H,5-7,11,14H2,1-4H3/t17-/m1/s1. The van der Waals surface area contributed by atoms with Crippen LogP contribution in [0.15, 0.2) is 30.3 Å². The third-order valence-corrected chi connectivity index (χ3v) is 4.24. The third-order valence-electron chi connectivity index (χ3n) is 3.28. The molecule has 110 valence electrons. The zero-order valence-corrected chi connectivity index (χ0v) is 14.3. The molecule has 1 atom stereocenters. The van der Waals surface area contributed by atoms with Gasteiger partial charge < -0.3 is 4.43 Å². The highest BCUT2D eigenvalue weighted by Crippen LogP contribution is 2.34. The molecule has 0 aliphatic rings. The van der Waals surface area contributed by atoms with Gasteiger partial charge in [0.05, 0.1) is 0 Å². The normalized spacial score (nSPS) is 14.6. The maximum Gasteiger partial charge on any atom is 0.186 e. The van der Waals surface area contributed by atoms with Crippen molar-refractivity contribution in [3.63, 3.8) is 0 Å². The zero-order chi connectivity index (χ0) is 15.1. The second-order valence-corrected chi connectivity index (χ2v) is 10.8. The molecule has 0 bridgehead atoms. The molecule has 0 amide bonds. The molecule has 1 rings (SSSR count). The molecular weight excluding hydrogens is 262 g/mol. The van der Waals surface area contributed by atoms with Crippen molar-refractivity contribution in [1.82, 2.24) is 0 Å². The average Bonchev–Trinajstić information content (AvgIpc) is 2.42. The predicted molar refractivity (Wildman–Crippen MR) is 86.9 cm³/mol. The van der Waals surface area contributed by atoms with Gasteiger partial charge in [-0.1, -0.05) is 56.5 Å². The van der Waals surface area contributed by atoms with Gasteiger partial charge in [-0.15, -0.1) is 0 Å². The van der Waals surface area contributed by atoms with Crippen molar-refractivity contribution in [2.45, 2.75) is 64.3 Å². The van der Waals surface area contributed by atoms with E-state index in [1.165, 1.54) is 19.3 Å². The van der Waals surface area contributed by atoms with Gasteiger partial charge in [0.2, 0.25) is 0 Å². The summed E-state index contributed by atoms with van der Waals surface area (Å²) in [4.78, 5) is 0. The number of nitrogens with zero attached hydrogens (tertiary/aromatic N) is 1. The Morgan fingerprint density at radius 2 is 1.75 bits per heavy atom. The first-order valence-electron chi connectivity index (χ1n) is 7.60. The SMILES string of the molecule is CCCCCC[C@](C#N)(O[Si](C)(C)C)c1ccccc1. The highest BCUT2D eigenvalue weighted by Gasteiger charge is 2.37. The maximum atomic E-state index is 9.80. The van der Waals surface area contributed by atoms with Gasteiger partial charge >= 0.3 is 0 Å². The Bertz CT molecular complexity index is 433. The van der Waals surface area contributed by atoms with Gasteiger partial charge in [0, 0.05) is 0 Å². The Labute approximate surface area is 124 Å². The first-order valence-corrected chi connectivity index (χ1v) is 11.0. The highest BCUT2D eigenvalue weighted by molar-refractivity contribution is 6.69. The van der Waals surface area contributed by atoms with Gasteiger partial charge in [0.15, 0.2) is 13.9 Å². The second-order valence-electron chi connectivity index (χ2n) is 6.33. The Hall–Kier alpha value is -1.11. The largest absolute Gasteiger partial charge is 0.396 e. The predicted octanol–water partition coefficient (Wildman–Crippen LogP) is 5.23. The zero-order valence-electron chi connectivity index (χ0n) is 13.3. The van der Waals surface area contributed by atoms with E-state index >= 15 is 0 Å². The summed E-state index contributed by atoms with van der Waals surface area (Å²) in [6.07, 6.45) is 5.43. The van der Waals surface area contributed by atoms with Crippen LogP contribution >= 0.6 is 0 Å². The molecule has 0 saturated carbocycles. The number of hydrogen-bond acceptors (Lipinski definition) is 2. The van der Waals surface area contributed by atoms with Crippen molar-refractivity contribution < 1.29 is 4.43 Å². The van der Waals surface area contributed by atoms with E-state index in [4.69, 9.17) is 4.43 Å². The first-order chi connectivity index (χ1) is 9.43. The fraction of sp³-hybridized carbons (Fsp3) is 0.588. The molecule has 0 fully saturated rings. The fourth-order valence-electron chi connectivity index (χ4n) is 2.43. The minimum absolute atomic E-state index is 0.764. The summed E-state index contributed by atoms with van der Waals surface area (Å²) in [6, 6.07) is 12.5. The van der Waals surface area contributed by atoms with Crippen molar-refractivity contribution in [1.29, 1.82) is 5.26 Å². The third kappa shape index (κ3) is 5.11. The van der Waals surface area contributed by atoms with E-state index in [9.17, 15) is 5.26 Å².